The van der Waals surface area contributed by atoms with Gasteiger partial charge >= 0.3 is 0 Å². The van der Waals surface area contributed by atoms with E-state index in [1.807, 2.05) is 11.8 Å². The van der Waals surface area contributed by atoms with Crippen LogP contribution in [0.1, 0.15) is 101 Å². The summed E-state index contributed by atoms with van der Waals surface area (Å²) in [6.45, 7) is 7.06. The van der Waals surface area contributed by atoms with Gasteiger partial charge in [-0.2, -0.15) is 0 Å². The zero-order valence-corrected chi connectivity index (χ0v) is 19.3. The van der Waals surface area contributed by atoms with Crippen molar-refractivity contribution >= 4 is 5.91 Å². The molecule has 1 N–H and O–H groups in total. The average Bonchev–Trinajstić information content (AvgIpc) is 2.80. The Hall–Kier alpha value is -1.69. The van der Waals surface area contributed by atoms with E-state index >= 15 is 0 Å². The maximum Gasteiger partial charge on any atom is 0.251 e. The first-order valence-electron chi connectivity index (χ1n) is 12.7. The topological polar surface area (TPSA) is 69.3 Å². The van der Waals surface area contributed by atoms with Crippen LogP contribution < -0.4 is 5.56 Å². The molecule has 2 aliphatic heterocycles. The maximum absolute atomic E-state index is 12.5. The van der Waals surface area contributed by atoms with Gasteiger partial charge in [0.1, 0.15) is 5.82 Å². The van der Waals surface area contributed by atoms with E-state index < -0.39 is 0 Å². The normalized spacial score (nSPS) is 24.4. The molecule has 0 spiro atoms. The second-order valence-corrected chi connectivity index (χ2v) is 10.1. The highest BCUT2D eigenvalue weighted by molar-refractivity contribution is 5.76. The maximum atomic E-state index is 12.5. The molecule has 0 bridgehead atoms. The van der Waals surface area contributed by atoms with E-state index in [4.69, 9.17) is 4.98 Å². The number of amides is 1. The van der Waals surface area contributed by atoms with Crippen molar-refractivity contribution in [3.63, 3.8) is 0 Å². The molecule has 1 atom stereocenters. The largest absolute Gasteiger partial charge is 0.342 e. The molecule has 172 valence electrons. The van der Waals surface area contributed by atoms with Crippen LogP contribution in [0.15, 0.2) is 10.9 Å². The van der Waals surface area contributed by atoms with Gasteiger partial charge in [0.05, 0.1) is 5.69 Å². The Kier molecular flexibility index (Phi) is 7.81. The van der Waals surface area contributed by atoms with E-state index in [1.165, 1.54) is 38.6 Å². The first-order valence-corrected chi connectivity index (χ1v) is 12.7. The van der Waals surface area contributed by atoms with Crippen molar-refractivity contribution in [1.82, 2.24) is 19.8 Å². The molecule has 6 heteroatoms. The third-order valence-corrected chi connectivity index (χ3v) is 7.65. The lowest BCUT2D eigenvalue weighted by Gasteiger charge is -2.35. The lowest BCUT2D eigenvalue weighted by atomic mass is 9.87. The van der Waals surface area contributed by atoms with Crippen molar-refractivity contribution in [2.45, 2.75) is 89.4 Å². The Morgan fingerprint density at radius 2 is 1.81 bits per heavy atom. The summed E-state index contributed by atoms with van der Waals surface area (Å²) >= 11 is 0. The van der Waals surface area contributed by atoms with Crippen LogP contribution in [-0.4, -0.2) is 58.4 Å². The summed E-state index contributed by atoms with van der Waals surface area (Å²) in [4.78, 5) is 37.4. The fraction of sp³-hybridized carbons (Fsp3) is 0.800. The molecule has 6 nitrogen and oxygen atoms in total. The van der Waals surface area contributed by atoms with E-state index in [0.29, 0.717) is 18.9 Å². The standard InChI is InChI=1S/C25H40N4O2/c1-2-7-24(31)29-13-6-10-21(18-29)22-16-23(30)27-25(26-22)20-11-14-28(15-12-20)17-19-8-4-3-5-9-19/h16,19-21H,2-15,17-18H2,1H3,(H,26,27,30). The molecule has 4 rings (SSSR count). The highest BCUT2D eigenvalue weighted by Gasteiger charge is 2.28. The zero-order valence-electron chi connectivity index (χ0n) is 19.3. The first kappa shape index (κ1) is 22.5. The molecule has 1 aliphatic carbocycles. The second-order valence-electron chi connectivity index (χ2n) is 10.1. The number of carbonyl (C=O) groups is 1. The molecular weight excluding hydrogens is 388 g/mol. The molecule has 0 aromatic carbocycles. The number of rotatable bonds is 6. The Morgan fingerprint density at radius 1 is 1.03 bits per heavy atom. The number of aromatic nitrogens is 2. The molecule has 1 saturated carbocycles. The molecule has 2 saturated heterocycles. The van der Waals surface area contributed by atoms with Gasteiger partial charge in [0, 0.05) is 44.0 Å². The highest BCUT2D eigenvalue weighted by atomic mass is 16.2. The van der Waals surface area contributed by atoms with Crippen LogP contribution in [0.5, 0.6) is 0 Å². The Morgan fingerprint density at radius 3 is 2.55 bits per heavy atom. The zero-order chi connectivity index (χ0) is 21.6. The average molecular weight is 429 g/mol. The van der Waals surface area contributed by atoms with E-state index in [9.17, 15) is 9.59 Å². The van der Waals surface area contributed by atoms with E-state index in [1.54, 1.807) is 6.07 Å². The number of carbonyl (C=O) groups excluding carboxylic acids is 1. The van der Waals surface area contributed by atoms with Crippen molar-refractivity contribution in [2.24, 2.45) is 5.92 Å². The molecule has 1 amide bonds. The summed E-state index contributed by atoms with van der Waals surface area (Å²) in [6, 6.07) is 1.67. The summed E-state index contributed by atoms with van der Waals surface area (Å²) in [7, 11) is 0. The summed E-state index contributed by atoms with van der Waals surface area (Å²) < 4.78 is 0. The van der Waals surface area contributed by atoms with Crippen LogP contribution in [-0.2, 0) is 4.79 Å². The second kappa shape index (κ2) is 10.8. The van der Waals surface area contributed by atoms with Crippen LogP contribution in [0.3, 0.4) is 0 Å². The van der Waals surface area contributed by atoms with Crippen molar-refractivity contribution in [2.75, 3.05) is 32.7 Å². The van der Waals surface area contributed by atoms with Gasteiger partial charge in [-0.1, -0.05) is 26.2 Å². The SMILES string of the molecule is CCCC(=O)N1CCCC(c2cc(=O)[nH]c(C3CCN(CC4CCCCC4)CC3)n2)C1. The quantitative estimate of drug-likeness (QED) is 0.743. The minimum atomic E-state index is -0.0401. The molecular formula is C25H40N4O2. The third kappa shape index (κ3) is 5.97. The number of likely N-dealkylation sites (tertiary alicyclic amines) is 2. The fourth-order valence-electron chi connectivity index (χ4n) is 5.84. The third-order valence-electron chi connectivity index (χ3n) is 7.65. The molecule has 3 fully saturated rings. The van der Waals surface area contributed by atoms with Crippen molar-refractivity contribution in [3.05, 3.63) is 27.9 Å². The monoisotopic (exact) mass is 428 g/mol. The summed E-state index contributed by atoms with van der Waals surface area (Å²) in [5.74, 6) is 2.52. The van der Waals surface area contributed by atoms with Crippen molar-refractivity contribution in [3.8, 4) is 0 Å². The molecule has 1 aromatic heterocycles. The number of H-pyrrole nitrogens is 1. The van der Waals surface area contributed by atoms with E-state index in [-0.39, 0.29) is 17.4 Å². The molecule has 3 heterocycles. The van der Waals surface area contributed by atoms with Gasteiger partial charge in [-0.3, -0.25) is 9.59 Å². The lowest BCUT2D eigenvalue weighted by molar-refractivity contribution is -0.132. The van der Waals surface area contributed by atoms with Crippen LogP contribution in [0, 0.1) is 5.92 Å². The van der Waals surface area contributed by atoms with Gasteiger partial charge in [0.15, 0.2) is 0 Å². The lowest BCUT2D eigenvalue weighted by Crippen LogP contribution is -2.40. The van der Waals surface area contributed by atoms with E-state index in [2.05, 4.69) is 9.88 Å². The summed E-state index contributed by atoms with van der Waals surface area (Å²) in [5, 5.41) is 0. The Labute approximate surface area is 186 Å². The highest BCUT2D eigenvalue weighted by Crippen LogP contribution is 2.31. The van der Waals surface area contributed by atoms with Gasteiger partial charge in [0.2, 0.25) is 5.91 Å². The number of hydrogen-bond acceptors (Lipinski definition) is 4. The Bertz CT molecular complexity index is 778. The summed E-state index contributed by atoms with van der Waals surface area (Å²) in [5.41, 5.74) is 0.846. The van der Waals surface area contributed by atoms with Gasteiger partial charge < -0.3 is 14.8 Å². The van der Waals surface area contributed by atoms with Gasteiger partial charge in [-0.15, -0.1) is 0 Å². The van der Waals surface area contributed by atoms with Crippen LogP contribution in [0.25, 0.3) is 0 Å². The predicted molar refractivity (Wildman–Crippen MR) is 123 cm³/mol. The van der Waals surface area contributed by atoms with E-state index in [0.717, 1.165) is 69.2 Å². The van der Waals surface area contributed by atoms with Crippen molar-refractivity contribution < 1.29 is 4.79 Å². The van der Waals surface area contributed by atoms with Gasteiger partial charge in [0.25, 0.3) is 5.56 Å². The van der Waals surface area contributed by atoms with Crippen LogP contribution >= 0.6 is 0 Å². The predicted octanol–water partition coefficient (Wildman–Crippen LogP) is 4.04. The molecule has 31 heavy (non-hydrogen) atoms. The number of nitrogens with one attached hydrogen (secondary N) is 1. The number of nitrogens with zero attached hydrogens (tertiary/aromatic N) is 3. The smallest absolute Gasteiger partial charge is 0.251 e. The minimum absolute atomic E-state index is 0.0401. The number of aromatic amines is 1. The van der Waals surface area contributed by atoms with Gasteiger partial charge in [-0.25, -0.2) is 4.98 Å². The Balaban J connectivity index is 1.37. The fourth-order valence-corrected chi connectivity index (χ4v) is 5.84. The minimum Gasteiger partial charge on any atom is -0.342 e. The number of piperidine rings is 2. The molecule has 0 radical (unpaired) electrons. The molecule has 1 unspecified atom stereocenters. The molecule has 1 aromatic rings. The number of hydrogen-bond donors (Lipinski definition) is 1. The van der Waals surface area contributed by atoms with Crippen molar-refractivity contribution in [1.29, 1.82) is 0 Å². The molecule has 3 aliphatic rings. The summed E-state index contributed by atoms with van der Waals surface area (Å²) in [6.07, 6.45) is 12.7. The van der Waals surface area contributed by atoms with Crippen LogP contribution in [0.4, 0.5) is 0 Å². The van der Waals surface area contributed by atoms with Gasteiger partial charge in [-0.05, 0) is 64.0 Å². The first-order chi connectivity index (χ1) is 15.1. The van der Waals surface area contributed by atoms with Crippen LogP contribution in [0.2, 0.25) is 0 Å².